The molecule has 0 atom stereocenters. The van der Waals surface area contributed by atoms with E-state index in [9.17, 15) is 18.0 Å². The molecule has 0 aliphatic rings. The van der Waals surface area contributed by atoms with Crippen LogP contribution in [0, 0.1) is 0 Å². The quantitative estimate of drug-likeness (QED) is 0.761. The van der Waals surface area contributed by atoms with E-state index in [1.807, 2.05) is 0 Å². The van der Waals surface area contributed by atoms with Gasteiger partial charge in [0, 0.05) is 0 Å². The van der Waals surface area contributed by atoms with E-state index in [1.54, 1.807) is 0 Å². The number of carbonyl (C=O) groups excluding carboxylic acids is 1. The lowest BCUT2D eigenvalue weighted by Crippen LogP contribution is -2.18. The number of hydrogen-bond acceptors (Lipinski definition) is 3. The Kier molecular flexibility index (Phi) is 3.64. The highest BCUT2D eigenvalue weighted by Crippen LogP contribution is 2.32. The highest BCUT2D eigenvalue weighted by atomic mass is 35.5. The Morgan fingerprint density at radius 3 is 2.50 bits per heavy atom. The molecule has 88 valence electrons. The molecular formula is C9H6ClF3O3. The smallest absolute Gasteiger partial charge is 0.465 e. The summed E-state index contributed by atoms with van der Waals surface area (Å²) in [6.45, 7) is 0. The maximum atomic E-state index is 11.9. The fraction of sp³-hybridized carbons (Fsp3) is 0.222. The number of carbonyl (C=O) groups is 1. The predicted octanol–water partition coefficient (Wildman–Crippen LogP) is 3.03. The van der Waals surface area contributed by atoms with E-state index in [4.69, 9.17) is 11.6 Å². The topological polar surface area (TPSA) is 35.5 Å². The summed E-state index contributed by atoms with van der Waals surface area (Å²) < 4.78 is 43.8. The van der Waals surface area contributed by atoms with Gasteiger partial charge >= 0.3 is 12.3 Å². The summed E-state index contributed by atoms with van der Waals surface area (Å²) in [5.74, 6) is -1.48. The Bertz CT molecular complexity index is 403. The molecule has 0 amide bonds. The molecule has 0 N–H and O–H groups in total. The molecule has 0 aromatic heterocycles. The first-order valence-corrected chi connectivity index (χ1v) is 4.35. The third-order valence-corrected chi connectivity index (χ3v) is 1.98. The van der Waals surface area contributed by atoms with Crippen molar-refractivity contribution in [1.82, 2.24) is 0 Å². The molecular weight excluding hydrogens is 249 g/mol. The van der Waals surface area contributed by atoms with Crippen molar-refractivity contribution in [3.63, 3.8) is 0 Å². The largest absolute Gasteiger partial charge is 0.573 e. The van der Waals surface area contributed by atoms with Crippen molar-refractivity contribution in [2.75, 3.05) is 7.11 Å². The molecule has 0 spiro atoms. The van der Waals surface area contributed by atoms with Crippen LogP contribution in [0.2, 0.25) is 5.02 Å². The first kappa shape index (κ1) is 12.6. The molecule has 3 nitrogen and oxygen atoms in total. The molecule has 1 rings (SSSR count). The van der Waals surface area contributed by atoms with Crippen molar-refractivity contribution in [3.8, 4) is 5.75 Å². The van der Waals surface area contributed by atoms with Crippen LogP contribution in [0.15, 0.2) is 18.2 Å². The zero-order valence-electron chi connectivity index (χ0n) is 7.97. The summed E-state index contributed by atoms with van der Waals surface area (Å²) in [7, 11) is 1.09. The minimum atomic E-state index is -4.86. The lowest BCUT2D eigenvalue weighted by atomic mass is 10.2. The summed E-state index contributed by atoms with van der Waals surface area (Å²) in [5, 5.41) is -0.438. The number of methoxy groups -OCH3 is 1. The van der Waals surface area contributed by atoms with E-state index in [2.05, 4.69) is 9.47 Å². The maximum Gasteiger partial charge on any atom is 0.573 e. The molecule has 16 heavy (non-hydrogen) atoms. The van der Waals surface area contributed by atoms with E-state index in [0.29, 0.717) is 0 Å². The lowest BCUT2D eigenvalue weighted by molar-refractivity contribution is -0.274. The molecule has 0 bridgehead atoms. The highest BCUT2D eigenvalue weighted by Gasteiger charge is 2.32. The van der Waals surface area contributed by atoms with Gasteiger partial charge in [-0.1, -0.05) is 17.7 Å². The summed E-state index contributed by atoms with van der Waals surface area (Å²) >= 11 is 5.56. The van der Waals surface area contributed by atoms with Gasteiger partial charge < -0.3 is 9.47 Å². The number of rotatable bonds is 2. The summed E-state index contributed by atoms with van der Waals surface area (Å²) in [6.07, 6.45) is -4.86. The molecule has 0 unspecified atom stereocenters. The van der Waals surface area contributed by atoms with Gasteiger partial charge in [-0.15, -0.1) is 13.2 Å². The van der Waals surface area contributed by atoms with Crippen molar-refractivity contribution in [3.05, 3.63) is 28.8 Å². The average molecular weight is 255 g/mol. The second-order valence-corrected chi connectivity index (χ2v) is 3.04. The molecule has 0 radical (unpaired) electrons. The van der Waals surface area contributed by atoms with Crippen LogP contribution in [0.25, 0.3) is 0 Å². The lowest BCUT2D eigenvalue weighted by Gasteiger charge is -2.11. The van der Waals surface area contributed by atoms with Crippen LogP contribution < -0.4 is 4.74 Å². The Balaban J connectivity index is 3.09. The SMILES string of the molecule is COC(=O)c1cccc(OC(F)(F)F)c1Cl. The van der Waals surface area contributed by atoms with Gasteiger partial charge in [0.2, 0.25) is 0 Å². The standard InChI is InChI=1S/C9H6ClF3O3/c1-15-8(14)5-3-2-4-6(7(5)10)16-9(11,12)13/h2-4H,1H3. The Hall–Kier alpha value is -1.43. The third kappa shape index (κ3) is 3.03. The number of alkyl halides is 3. The van der Waals surface area contributed by atoms with E-state index in [0.717, 1.165) is 13.2 Å². The van der Waals surface area contributed by atoms with Gasteiger partial charge in [-0.25, -0.2) is 4.79 Å². The molecule has 0 heterocycles. The fourth-order valence-corrected chi connectivity index (χ4v) is 1.22. The van der Waals surface area contributed by atoms with Crippen molar-refractivity contribution >= 4 is 17.6 Å². The van der Waals surface area contributed by atoms with Crippen LogP contribution in [0.4, 0.5) is 13.2 Å². The van der Waals surface area contributed by atoms with Crippen molar-refractivity contribution in [2.24, 2.45) is 0 Å². The fourth-order valence-electron chi connectivity index (χ4n) is 0.982. The van der Waals surface area contributed by atoms with Crippen LogP contribution in [0.5, 0.6) is 5.75 Å². The number of halogens is 4. The Morgan fingerprint density at radius 1 is 1.38 bits per heavy atom. The van der Waals surface area contributed by atoms with Crippen molar-refractivity contribution in [1.29, 1.82) is 0 Å². The van der Waals surface area contributed by atoms with Gasteiger partial charge in [0.05, 0.1) is 17.7 Å². The van der Waals surface area contributed by atoms with Crippen LogP contribution in [-0.4, -0.2) is 19.4 Å². The maximum absolute atomic E-state index is 11.9. The molecule has 1 aromatic rings. The van der Waals surface area contributed by atoms with Crippen LogP contribution in [-0.2, 0) is 4.74 Å². The number of hydrogen-bond donors (Lipinski definition) is 0. The molecule has 0 saturated heterocycles. The van der Waals surface area contributed by atoms with Crippen LogP contribution >= 0.6 is 11.6 Å². The summed E-state index contributed by atoms with van der Waals surface area (Å²) in [6, 6.07) is 3.44. The molecule has 0 saturated carbocycles. The molecule has 0 aliphatic heterocycles. The number of ether oxygens (including phenoxy) is 2. The minimum absolute atomic E-state index is 0.189. The highest BCUT2D eigenvalue weighted by molar-refractivity contribution is 6.35. The van der Waals surface area contributed by atoms with Gasteiger partial charge in [-0.3, -0.25) is 0 Å². The van der Waals surface area contributed by atoms with Crippen molar-refractivity contribution < 1.29 is 27.4 Å². The summed E-state index contributed by atoms with van der Waals surface area (Å²) in [5.41, 5.74) is -0.189. The normalized spacial score (nSPS) is 11.1. The Morgan fingerprint density at radius 2 is 2.00 bits per heavy atom. The molecule has 0 aliphatic carbocycles. The van der Waals surface area contributed by atoms with E-state index in [-0.39, 0.29) is 5.56 Å². The van der Waals surface area contributed by atoms with Gasteiger partial charge in [0.25, 0.3) is 0 Å². The molecule has 0 fully saturated rings. The summed E-state index contributed by atoms with van der Waals surface area (Å²) in [4.78, 5) is 11.1. The third-order valence-electron chi connectivity index (χ3n) is 1.59. The van der Waals surface area contributed by atoms with Crippen molar-refractivity contribution in [2.45, 2.75) is 6.36 Å². The minimum Gasteiger partial charge on any atom is -0.465 e. The van der Waals surface area contributed by atoms with E-state index >= 15 is 0 Å². The average Bonchev–Trinajstić information content (AvgIpc) is 2.18. The second kappa shape index (κ2) is 4.61. The van der Waals surface area contributed by atoms with Gasteiger partial charge in [-0.05, 0) is 12.1 Å². The van der Waals surface area contributed by atoms with Gasteiger partial charge in [0.1, 0.15) is 5.75 Å². The molecule has 1 aromatic carbocycles. The Labute approximate surface area is 93.7 Å². The van der Waals surface area contributed by atoms with Gasteiger partial charge in [0.15, 0.2) is 0 Å². The zero-order valence-corrected chi connectivity index (χ0v) is 8.72. The van der Waals surface area contributed by atoms with E-state index < -0.39 is 23.1 Å². The second-order valence-electron chi connectivity index (χ2n) is 2.66. The van der Waals surface area contributed by atoms with Crippen LogP contribution in [0.3, 0.4) is 0 Å². The monoisotopic (exact) mass is 254 g/mol. The number of esters is 1. The predicted molar refractivity (Wildman–Crippen MR) is 49.5 cm³/mol. The van der Waals surface area contributed by atoms with Gasteiger partial charge in [-0.2, -0.15) is 0 Å². The molecule has 7 heteroatoms. The van der Waals surface area contributed by atoms with E-state index in [1.165, 1.54) is 12.1 Å². The number of benzene rings is 1. The first-order chi connectivity index (χ1) is 7.35. The zero-order chi connectivity index (χ0) is 12.3. The van der Waals surface area contributed by atoms with Crippen LogP contribution in [0.1, 0.15) is 10.4 Å². The first-order valence-electron chi connectivity index (χ1n) is 3.97.